The Balaban J connectivity index is 0.00000144. The molecule has 13 heavy (non-hydrogen) atoms. The summed E-state index contributed by atoms with van der Waals surface area (Å²) in [7, 11) is 0. The number of nitrogens with two attached hydrogens (primary N) is 1. The van der Waals surface area contributed by atoms with Crippen LogP contribution in [0, 0.1) is 5.82 Å². The van der Waals surface area contributed by atoms with Gasteiger partial charge < -0.3 is 5.73 Å². The molecule has 1 nitrogen and oxygen atoms in total. The number of halogens is 2. The Bertz CT molecular complexity index is 223. The third-order valence-electron chi connectivity index (χ3n) is 1.83. The highest BCUT2D eigenvalue weighted by atomic mass is 35.5. The number of aryl methyl sites for hydroxylation is 1. The first kappa shape index (κ1) is 12.4. The Labute approximate surface area is 84.5 Å². The van der Waals surface area contributed by atoms with E-state index in [0.29, 0.717) is 0 Å². The van der Waals surface area contributed by atoms with E-state index in [1.807, 2.05) is 12.1 Å². The van der Waals surface area contributed by atoms with E-state index < -0.39 is 0 Å². The lowest BCUT2D eigenvalue weighted by Gasteiger charge is -1.99. The third kappa shape index (κ3) is 4.86. The maximum absolute atomic E-state index is 12.5. The highest BCUT2D eigenvalue weighted by Crippen LogP contribution is 2.06. The fraction of sp³-hybridized carbons (Fsp3) is 0.400. The van der Waals surface area contributed by atoms with Crippen molar-refractivity contribution in [2.24, 2.45) is 5.73 Å². The van der Waals surface area contributed by atoms with E-state index in [-0.39, 0.29) is 18.2 Å². The molecule has 0 aliphatic carbocycles. The van der Waals surface area contributed by atoms with Gasteiger partial charge in [0.05, 0.1) is 0 Å². The second-order valence-electron chi connectivity index (χ2n) is 2.87. The number of benzene rings is 1. The van der Waals surface area contributed by atoms with Gasteiger partial charge in [0.25, 0.3) is 0 Å². The molecular formula is C10H15ClFN. The molecule has 0 unspecified atom stereocenters. The van der Waals surface area contributed by atoms with Gasteiger partial charge in [-0.1, -0.05) is 12.1 Å². The molecule has 0 aliphatic rings. The standard InChI is InChI=1S/C10H14FN.ClH/c11-10-6-4-9(5-7-10)3-1-2-8-12;/h4-7H,1-3,8,12H2;1H. The van der Waals surface area contributed by atoms with Crippen LogP contribution in [0.5, 0.6) is 0 Å². The Morgan fingerprint density at radius 2 is 1.69 bits per heavy atom. The highest BCUT2D eigenvalue weighted by molar-refractivity contribution is 5.85. The molecule has 0 aliphatic heterocycles. The zero-order valence-corrected chi connectivity index (χ0v) is 8.32. The minimum Gasteiger partial charge on any atom is -0.330 e. The van der Waals surface area contributed by atoms with Crippen LogP contribution in [0.4, 0.5) is 4.39 Å². The van der Waals surface area contributed by atoms with Crippen molar-refractivity contribution in [3.05, 3.63) is 35.6 Å². The van der Waals surface area contributed by atoms with Gasteiger partial charge in [0.2, 0.25) is 0 Å². The summed E-state index contributed by atoms with van der Waals surface area (Å²) in [6.07, 6.45) is 3.12. The molecule has 0 radical (unpaired) electrons. The van der Waals surface area contributed by atoms with Crippen LogP contribution in [-0.4, -0.2) is 6.54 Å². The van der Waals surface area contributed by atoms with Gasteiger partial charge in [0.15, 0.2) is 0 Å². The van der Waals surface area contributed by atoms with Gasteiger partial charge in [0.1, 0.15) is 5.82 Å². The van der Waals surface area contributed by atoms with Crippen molar-refractivity contribution in [1.29, 1.82) is 0 Å². The SMILES string of the molecule is Cl.NCCCCc1ccc(F)cc1. The zero-order valence-electron chi connectivity index (χ0n) is 7.50. The second-order valence-corrected chi connectivity index (χ2v) is 2.87. The average Bonchev–Trinajstić information content (AvgIpc) is 2.09. The van der Waals surface area contributed by atoms with E-state index in [0.717, 1.165) is 25.8 Å². The van der Waals surface area contributed by atoms with Crippen LogP contribution in [0.15, 0.2) is 24.3 Å². The Morgan fingerprint density at radius 3 is 2.23 bits per heavy atom. The minimum atomic E-state index is -0.169. The van der Waals surface area contributed by atoms with Crippen LogP contribution in [0.2, 0.25) is 0 Å². The zero-order chi connectivity index (χ0) is 8.81. The van der Waals surface area contributed by atoms with Crippen molar-refractivity contribution in [2.75, 3.05) is 6.54 Å². The lowest BCUT2D eigenvalue weighted by molar-refractivity contribution is 0.626. The fourth-order valence-electron chi connectivity index (χ4n) is 1.12. The summed E-state index contributed by atoms with van der Waals surface area (Å²) >= 11 is 0. The molecule has 1 rings (SSSR count). The van der Waals surface area contributed by atoms with Crippen molar-refractivity contribution in [3.8, 4) is 0 Å². The Morgan fingerprint density at radius 1 is 1.08 bits per heavy atom. The van der Waals surface area contributed by atoms with Crippen molar-refractivity contribution < 1.29 is 4.39 Å². The van der Waals surface area contributed by atoms with E-state index in [9.17, 15) is 4.39 Å². The average molecular weight is 204 g/mol. The molecule has 74 valence electrons. The molecule has 0 atom stereocenters. The first-order valence-corrected chi connectivity index (χ1v) is 4.27. The first-order chi connectivity index (χ1) is 5.83. The van der Waals surface area contributed by atoms with Gasteiger partial charge in [-0.3, -0.25) is 0 Å². The molecule has 1 aromatic carbocycles. The molecule has 0 bridgehead atoms. The van der Waals surface area contributed by atoms with Crippen molar-refractivity contribution in [2.45, 2.75) is 19.3 Å². The number of hydrogen-bond acceptors (Lipinski definition) is 1. The second kappa shape index (κ2) is 6.87. The van der Waals surface area contributed by atoms with Gasteiger partial charge >= 0.3 is 0 Å². The number of unbranched alkanes of at least 4 members (excludes halogenated alkanes) is 1. The van der Waals surface area contributed by atoms with E-state index in [4.69, 9.17) is 5.73 Å². The smallest absolute Gasteiger partial charge is 0.123 e. The summed E-state index contributed by atoms with van der Waals surface area (Å²) in [5.41, 5.74) is 6.54. The lowest BCUT2D eigenvalue weighted by Crippen LogP contribution is -1.98. The quantitative estimate of drug-likeness (QED) is 0.748. The van der Waals surface area contributed by atoms with Crippen LogP contribution in [0.1, 0.15) is 18.4 Å². The van der Waals surface area contributed by atoms with E-state index in [1.54, 1.807) is 0 Å². The first-order valence-electron chi connectivity index (χ1n) is 4.27. The molecular weight excluding hydrogens is 189 g/mol. The summed E-state index contributed by atoms with van der Waals surface area (Å²) in [5, 5.41) is 0. The summed E-state index contributed by atoms with van der Waals surface area (Å²) in [6, 6.07) is 6.65. The van der Waals surface area contributed by atoms with E-state index in [1.165, 1.54) is 17.7 Å². The summed E-state index contributed by atoms with van der Waals surface area (Å²) in [5.74, 6) is -0.169. The Kier molecular flexibility index (Phi) is 6.55. The van der Waals surface area contributed by atoms with E-state index >= 15 is 0 Å². The molecule has 0 spiro atoms. The van der Waals surface area contributed by atoms with Gasteiger partial charge in [-0.15, -0.1) is 12.4 Å². The Hall–Kier alpha value is -0.600. The summed E-state index contributed by atoms with van der Waals surface area (Å²) < 4.78 is 12.5. The van der Waals surface area contributed by atoms with Crippen LogP contribution in [-0.2, 0) is 6.42 Å². The third-order valence-corrected chi connectivity index (χ3v) is 1.83. The fourth-order valence-corrected chi connectivity index (χ4v) is 1.12. The largest absolute Gasteiger partial charge is 0.330 e. The molecule has 3 heteroatoms. The topological polar surface area (TPSA) is 26.0 Å². The van der Waals surface area contributed by atoms with Crippen LogP contribution >= 0.6 is 12.4 Å². The highest BCUT2D eigenvalue weighted by Gasteiger charge is 1.92. The van der Waals surface area contributed by atoms with Crippen LogP contribution < -0.4 is 5.73 Å². The van der Waals surface area contributed by atoms with Crippen molar-refractivity contribution in [1.82, 2.24) is 0 Å². The molecule has 0 saturated heterocycles. The van der Waals surface area contributed by atoms with Crippen LogP contribution in [0.25, 0.3) is 0 Å². The number of hydrogen-bond donors (Lipinski definition) is 1. The van der Waals surface area contributed by atoms with Crippen molar-refractivity contribution in [3.63, 3.8) is 0 Å². The van der Waals surface area contributed by atoms with Gasteiger partial charge in [0, 0.05) is 0 Å². The van der Waals surface area contributed by atoms with Gasteiger partial charge in [-0.25, -0.2) is 4.39 Å². The normalized spacial score (nSPS) is 9.38. The molecule has 0 fully saturated rings. The molecule has 0 aromatic heterocycles. The minimum absolute atomic E-state index is 0. The van der Waals surface area contributed by atoms with Gasteiger partial charge in [-0.05, 0) is 43.5 Å². The summed E-state index contributed by atoms with van der Waals surface area (Å²) in [6.45, 7) is 0.737. The number of rotatable bonds is 4. The molecule has 1 aromatic rings. The maximum Gasteiger partial charge on any atom is 0.123 e. The predicted octanol–water partition coefficient (Wildman–Crippen LogP) is 2.53. The summed E-state index contributed by atoms with van der Waals surface area (Å²) in [4.78, 5) is 0. The van der Waals surface area contributed by atoms with Crippen molar-refractivity contribution >= 4 is 12.4 Å². The van der Waals surface area contributed by atoms with Crippen LogP contribution in [0.3, 0.4) is 0 Å². The van der Waals surface area contributed by atoms with E-state index in [2.05, 4.69) is 0 Å². The maximum atomic E-state index is 12.5. The predicted molar refractivity (Wildman–Crippen MR) is 55.6 cm³/mol. The molecule has 0 amide bonds. The lowest BCUT2D eigenvalue weighted by atomic mass is 10.1. The monoisotopic (exact) mass is 203 g/mol. The van der Waals surface area contributed by atoms with Gasteiger partial charge in [-0.2, -0.15) is 0 Å². The molecule has 0 saturated carbocycles. The molecule has 2 N–H and O–H groups in total. The molecule has 0 heterocycles.